The first-order chi connectivity index (χ1) is 17.9. The van der Waals surface area contributed by atoms with Crippen LogP contribution < -0.4 is 15.6 Å². The number of nitrogens with one attached hydrogen (secondary N) is 1. The number of piperidine rings is 1. The number of rotatable bonds is 1. The zero-order chi connectivity index (χ0) is 26.0. The van der Waals surface area contributed by atoms with Crippen LogP contribution in [0.2, 0.25) is 0 Å². The molecular formula is C29H34N4O4. The second-order valence-electron chi connectivity index (χ2n) is 10.4. The van der Waals surface area contributed by atoms with Crippen molar-refractivity contribution >= 4 is 22.8 Å². The monoisotopic (exact) mass is 502 g/mol. The Morgan fingerprint density at radius 1 is 1.03 bits per heavy atom. The van der Waals surface area contributed by atoms with Crippen molar-refractivity contribution in [3.05, 3.63) is 70.1 Å². The zero-order valence-corrected chi connectivity index (χ0v) is 21.5. The third kappa shape index (κ3) is 4.97. The molecule has 5 rings (SSSR count). The summed E-state index contributed by atoms with van der Waals surface area (Å²) in [5.74, 6) is 0.552. The van der Waals surface area contributed by atoms with E-state index >= 15 is 0 Å². The van der Waals surface area contributed by atoms with Crippen molar-refractivity contribution in [3.63, 3.8) is 0 Å². The summed E-state index contributed by atoms with van der Waals surface area (Å²) in [4.78, 5) is 45.9. The Hall–Kier alpha value is -3.68. The van der Waals surface area contributed by atoms with E-state index in [0.29, 0.717) is 43.6 Å². The molecule has 0 aliphatic carbocycles. The number of carbonyl (C=O) groups excluding carboxylic acids is 2. The molecule has 3 aromatic rings. The van der Waals surface area contributed by atoms with Crippen LogP contribution in [0.25, 0.3) is 11.0 Å². The lowest BCUT2D eigenvalue weighted by atomic mass is 9.73. The van der Waals surface area contributed by atoms with Crippen LogP contribution in [0.3, 0.4) is 0 Å². The minimum absolute atomic E-state index is 0.0318. The number of amides is 2. The van der Waals surface area contributed by atoms with E-state index in [2.05, 4.69) is 16.4 Å². The molecule has 0 saturated carbocycles. The van der Waals surface area contributed by atoms with Crippen LogP contribution in [0.4, 0.5) is 0 Å². The van der Waals surface area contributed by atoms with Gasteiger partial charge in [-0.2, -0.15) is 0 Å². The Labute approximate surface area is 216 Å². The van der Waals surface area contributed by atoms with Crippen molar-refractivity contribution in [1.29, 1.82) is 0 Å². The molecule has 0 radical (unpaired) electrons. The largest absolute Gasteiger partial charge is 0.491 e. The molecule has 194 valence electrons. The predicted octanol–water partition coefficient (Wildman–Crippen LogP) is 3.47. The highest BCUT2D eigenvalue weighted by Crippen LogP contribution is 2.38. The molecule has 8 heteroatoms. The van der Waals surface area contributed by atoms with Gasteiger partial charge in [-0.1, -0.05) is 36.8 Å². The summed E-state index contributed by atoms with van der Waals surface area (Å²) in [5.41, 5.74) is 1.49. The Morgan fingerprint density at radius 3 is 2.57 bits per heavy atom. The van der Waals surface area contributed by atoms with E-state index in [4.69, 9.17) is 4.74 Å². The number of nitrogens with zero attached hydrogens (tertiary/aromatic N) is 3. The summed E-state index contributed by atoms with van der Waals surface area (Å²) in [6, 6.07) is 15.3. The fraction of sp³-hybridized carbons (Fsp3) is 0.448. The van der Waals surface area contributed by atoms with Gasteiger partial charge in [0, 0.05) is 20.1 Å². The lowest BCUT2D eigenvalue weighted by Gasteiger charge is -2.41. The summed E-state index contributed by atoms with van der Waals surface area (Å²) in [6.45, 7) is 3.19. The molecule has 2 amide bonds. The lowest BCUT2D eigenvalue weighted by molar-refractivity contribution is -0.135. The van der Waals surface area contributed by atoms with Crippen LogP contribution >= 0.6 is 0 Å². The van der Waals surface area contributed by atoms with E-state index in [1.54, 1.807) is 18.0 Å². The predicted molar refractivity (Wildman–Crippen MR) is 142 cm³/mol. The highest BCUT2D eigenvalue weighted by Gasteiger charge is 2.42. The standard InChI is InChI=1S/C29H34N4O4/c1-20-19-37-24-13-6-3-9-21(24)10-7-8-14-29(28(36)30-20)15-17-33(18-16-29)27(35)25-26(34)32(2)23-12-5-4-11-22(23)31-25/h3-6,9,11-13,20H,7-8,10,14-19H2,1-2H3,(H,30,36)/t20-/m1/s1. The van der Waals surface area contributed by atoms with Gasteiger partial charge in [-0.15, -0.1) is 0 Å². The molecule has 1 aromatic heterocycles. The number of hydrogen-bond donors (Lipinski definition) is 1. The van der Waals surface area contributed by atoms with Crippen molar-refractivity contribution in [2.24, 2.45) is 12.5 Å². The van der Waals surface area contributed by atoms with Gasteiger partial charge < -0.3 is 19.5 Å². The first-order valence-electron chi connectivity index (χ1n) is 13.1. The van der Waals surface area contributed by atoms with E-state index < -0.39 is 11.0 Å². The van der Waals surface area contributed by atoms with Gasteiger partial charge in [-0.3, -0.25) is 14.4 Å². The number of carbonyl (C=O) groups is 2. The van der Waals surface area contributed by atoms with E-state index in [9.17, 15) is 14.4 Å². The van der Waals surface area contributed by atoms with Crippen LogP contribution in [0.1, 0.15) is 55.1 Å². The maximum Gasteiger partial charge on any atom is 0.282 e. The molecule has 37 heavy (non-hydrogen) atoms. The van der Waals surface area contributed by atoms with Crippen LogP contribution in [-0.4, -0.2) is 52.0 Å². The van der Waals surface area contributed by atoms with Crippen molar-refractivity contribution in [2.75, 3.05) is 19.7 Å². The van der Waals surface area contributed by atoms with Crippen LogP contribution in [0, 0.1) is 5.41 Å². The van der Waals surface area contributed by atoms with E-state index in [0.717, 1.165) is 31.4 Å². The van der Waals surface area contributed by atoms with Crippen molar-refractivity contribution in [3.8, 4) is 5.75 Å². The van der Waals surface area contributed by atoms with E-state index in [1.165, 1.54) is 10.1 Å². The molecule has 8 nitrogen and oxygen atoms in total. The van der Waals surface area contributed by atoms with Gasteiger partial charge in [0.1, 0.15) is 12.4 Å². The highest BCUT2D eigenvalue weighted by molar-refractivity contribution is 5.94. The van der Waals surface area contributed by atoms with Crippen LogP contribution in [-0.2, 0) is 18.3 Å². The lowest BCUT2D eigenvalue weighted by Crippen LogP contribution is -2.53. The molecule has 0 bridgehead atoms. The number of ether oxygens (including phenoxy) is 1. The average Bonchev–Trinajstić information content (AvgIpc) is 2.92. The van der Waals surface area contributed by atoms with E-state index in [-0.39, 0.29) is 23.6 Å². The molecule has 1 N–H and O–H groups in total. The summed E-state index contributed by atoms with van der Waals surface area (Å²) in [6.07, 6.45) is 4.67. The van der Waals surface area contributed by atoms with E-state index in [1.807, 2.05) is 43.3 Å². The van der Waals surface area contributed by atoms with Crippen molar-refractivity contribution in [1.82, 2.24) is 19.8 Å². The second-order valence-corrected chi connectivity index (χ2v) is 10.4. The van der Waals surface area contributed by atoms with Gasteiger partial charge >= 0.3 is 0 Å². The van der Waals surface area contributed by atoms with Gasteiger partial charge in [0.05, 0.1) is 22.5 Å². The molecule has 1 atom stereocenters. The molecule has 0 unspecified atom stereocenters. The summed E-state index contributed by atoms with van der Waals surface area (Å²) in [5, 5.41) is 3.17. The number of para-hydroxylation sites is 3. The zero-order valence-electron chi connectivity index (χ0n) is 21.5. The summed E-state index contributed by atoms with van der Waals surface area (Å²) >= 11 is 0. The maximum absolute atomic E-state index is 13.5. The third-order valence-corrected chi connectivity index (χ3v) is 7.86. The van der Waals surface area contributed by atoms with Crippen LogP contribution in [0.5, 0.6) is 5.75 Å². The summed E-state index contributed by atoms with van der Waals surface area (Å²) < 4.78 is 7.51. The number of aryl methyl sites for hydroxylation is 2. The third-order valence-electron chi connectivity index (χ3n) is 7.86. The molecule has 3 heterocycles. The first kappa shape index (κ1) is 25.0. The number of aromatic nitrogens is 2. The average molecular weight is 503 g/mol. The van der Waals surface area contributed by atoms with Crippen LogP contribution in [0.15, 0.2) is 53.3 Å². The minimum Gasteiger partial charge on any atom is -0.491 e. The number of fused-ring (bicyclic) bond motifs is 2. The Morgan fingerprint density at radius 2 is 1.76 bits per heavy atom. The fourth-order valence-corrected chi connectivity index (χ4v) is 5.56. The molecule has 2 aliphatic rings. The summed E-state index contributed by atoms with van der Waals surface area (Å²) in [7, 11) is 1.66. The second kappa shape index (κ2) is 10.4. The van der Waals surface area contributed by atoms with Gasteiger partial charge in [0.2, 0.25) is 5.91 Å². The molecule has 1 fully saturated rings. The fourth-order valence-electron chi connectivity index (χ4n) is 5.56. The molecule has 2 aromatic carbocycles. The normalized spacial score (nSPS) is 20.3. The minimum atomic E-state index is -0.536. The number of likely N-dealkylation sites (tertiary alicyclic amines) is 1. The quantitative estimate of drug-likeness (QED) is 0.550. The topological polar surface area (TPSA) is 93.5 Å². The van der Waals surface area contributed by atoms with Crippen molar-refractivity contribution < 1.29 is 14.3 Å². The van der Waals surface area contributed by atoms with Gasteiger partial charge in [0.15, 0.2) is 5.69 Å². The Kier molecular flexibility index (Phi) is 7.00. The molecule has 1 spiro atoms. The SMILES string of the molecule is C[C@@H]1COc2ccccc2CCCCC2(CCN(C(=O)c3nc4ccccc4n(C)c3=O)CC2)C(=O)N1. The first-order valence-corrected chi connectivity index (χ1v) is 13.1. The van der Waals surface area contributed by atoms with Crippen molar-refractivity contribution in [2.45, 2.75) is 51.5 Å². The Balaban J connectivity index is 1.32. The van der Waals surface area contributed by atoms with Gasteiger partial charge in [0.25, 0.3) is 11.5 Å². The highest BCUT2D eigenvalue weighted by atomic mass is 16.5. The van der Waals surface area contributed by atoms with Gasteiger partial charge in [-0.05, 0) is 62.8 Å². The number of hydrogen-bond acceptors (Lipinski definition) is 5. The number of benzene rings is 2. The smallest absolute Gasteiger partial charge is 0.282 e. The maximum atomic E-state index is 13.5. The molecule has 2 aliphatic heterocycles. The Bertz CT molecular complexity index is 1370. The molecule has 1 saturated heterocycles. The van der Waals surface area contributed by atoms with Gasteiger partial charge in [-0.25, -0.2) is 4.98 Å². The molecular weight excluding hydrogens is 468 g/mol.